The average molecular weight is 771 g/mol. The molecule has 3 atom stereocenters. The summed E-state index contributed by atoms with van der Waals surface area (Å²) in [5.41, 5.74) is 0. The van der Waals surface area contributed by atoms with Gasteiger partial charge in [-0.05, 0) is 84.1 Å². The van der Waals surface area contributed by atoms with E-state index < -0.39 is 0 Å². The van der Waals surface area contributed by atoms with Gasteiger partial charge in [-0.1, -0.05) is 140 Å². The van der Waals surface area contributed by atoms with Crippen LogP contribution in [0.4, 0.5) is 0 Å². The molecule has 55 heavy (non-hydrogen) atoms. The van der Waals surface area contributed by atoms with E-state index in [9.17, 15) is 4.79 Å². The van der Waals surface area contributed by atoms with Crippen molar-refractivity contribution in [3.8, 4) is 0 Å². The molecule has 2 saturated heterocycles. The molecule has 0 spiro atoms. The Morgan fingerprint density at radius 3 is 1.55 bits per heavy atom. The number of hydrogen-bond donors (Lipinski definition) is 0. The summed E-state index contributed by atoms with van der Waals surface area (Å²) in [4.78, 5) is 17.2. The van der Waals surface area contributed by atoms with Crippen LogP contribution < -0.4 is 0 Å². The second-order valence-electron chi connectivity index (χ2n) is 16.0. The summed E-state index contributed by atoms with van der Waals surface area (Å²) in [6.45, 7) is 10.8. The van der Waals surface area contributed by atoms with E-state index in [0.717, 1.165) is 58.5 Å². The number of unbranched alkanes of at least 4 members (excludes halogenated alkanes) is 18. The van der Waals surface area contributed by atoms with Gasteiger partial charge in [-0.15, -0.1) is 0 Å². The lowest BCUT2D eigenvalue weighted by Gasteiger charge is -2.31. The van der Waals surface area contributed by atoms with Crippen molar-refractivity contribution in [2.45, 2.75) is 186 Å². The first-order valence-corrected chi connectivity index (χ1v) is 23.1. The number of rotatable bonds is 36. The Labute approximate surface area is 339 Å². The van der Waals surface area contributed by atoms with Crippen molar-refractivity contribution in [2.75, 3.05) is 66.2 Å². The molecule has 2 fully saturated rings. The molecule has 2 heterocycles. The van der Waals surface area contributed by atoms with E-state index in [2.05, 4.69) is 79.3 Å². The predicted molar refractivity (Wildman–Crippen MR) is 233 cm³/mol. The van der Waals surface area contributed by atoms with Gasteiger partial charge >= 0.3 is 5.97 Å². The minimum absolute atomic E-state index is 0.107. The van der Waals surface area contributed by atoms with Crippen molar-refractivity contribution in [2.24, 2.45) is 0 Å². The Morgan fingerprint density at radius 1 is 0.582 bits per heavy atom. The van der Waals surface area contributed by atoms with Gasteiger partial charge < -0.3 is 23.8 Å². The summed E-state index contributed by atoms with van der Waals surface area (Å²) in [7, 11) is 2.12. The van der Waals surface area contributed by atoms with Crippen molar-refractivity contribution >= 4 is 5.97 Å². The van der Waals surface area contributed by atoms with Crippen LogP contribution in [-0.4, -0.2) is 100 Å². The topological polar surface area (TPSA) is 60.5 Å². The van der Waals surface area contributed by atoms with E-state index in [4.69, 9.17) is 18.9 Å². The van der Waals surface area contributed by atoms with Crippen LogP contribution in [0.5, 0.6) is 0 Å². The molecule has 318 valence electrons. The monoisotopic (exact) mass is 771 g/mol. The van der Waals surface area contributed by atoms with Gasteiger partial charge in [0.05, 0.1) is 13.2 Å². The lowest BCUT2D eigenvalue weighted by atomic mass is 10.1. The van der Waals surface area contributed by atoms with Crippen LogP contribution in [-0.2, 0) is 23.7 Å². The second kappa shape index (κ2) is 36.6. The third kappa shape index (κ3) is 28.3. The second-order valence-corrected chi connectivity index (χ2v) is 16.0. The van der Waals surface area contributed by atoms with Crippen molar-refractivity contribution in [1.82, 2.24) is 9.80 Å². The highest BCUT2D eigenvalue weighted by atomic mass is 16.6. The van der Waals surface area contributed by atoms with Gasteiger partial charge in [0.25, 0.3) is 0 Å². The Morgan fingerprint density at radius 2 is 1.04 bits per heavy atom. The maximum Gasteiger partial charge on any atom is 0.320 e. The molecule has 0 aliphatic carbocycles. The number of ether oxygens (including phenoxy) is 4. The van der Waals surface area contributed by atoms with Crippen molar-refractivity contribution in [1.29, 1.82) is 0 Å². The minimum Gasteiger partial charge on any atom is -0.462 e. The van der Waals surface area contributed by atoms with Crippen LogP contribution >= 0.6 is 0 Å². The first kappa shape index (κ1) is 49.4. The number of hydrogen-bond acceptors (Lipinski definition) is 7. The lowest BCUT2D eigenvalue weighted by molar-refractivity contribution is -0.151. The van der Waals surface area contributed by atoms with E-state index in [0.29, 0.717) is 19.8 Å². The van der Waals surface area contributed by atoms with E-state index in [-0.39, 0.29) is 30.9 Å². The fraction of sp³-hybridized carbons (Fsp3) is 0.812. The summed E-state index contributed by atoms with van der Waals surface area (Å²) < 4.78 is 24.7. The molecule has 0 aromatic heterocycles. The lowest BCUT2D eigenvalue weighted by Crippen LogP contribution is -2.46. The number of nitrogens with zero attached hydrogens (tertiary/aromatic N) is 2. The highest BCUT2D eigenvalue weighted by molar-refractivity contribution is 5.71. The number of likely N-dealkylation sites (N-methyl/N-ethyl adjacent to an activating group) is 1. The van der Waals surface area contributed by atoms with Crippen LogP contribution in [0, 0.1) is 0 Å². The first-order chi connectivity index (χ1) is 27.1. The molecule has 0 N–H and O–H groups in total. The third-order valence-corrected chi connectivity index (χ3v) is 10.9. The molecular weight excluding hydrogens is 685 g/mol. The predicted octanol–water partition coefficient (Wildman–Crippen LogP) is 11.6. The summed E-state index contributed by atoms with van der Waals surface area (Å²) in [6, 6.07) is 0. The molecule has 1 unspecified atom stereocenters. The average Bonchev–Trinajstić information content (AvgIpc) is 3.58. The molecule has 7 nitrogen and oxygen atoms in total. The van der Waals surface area contributed by atoms with Crippen LogP contribution in [0.3, 0.4) is 0 Å². The molecule has 0 bridgehead atoms. The van der Waals surface area contributed by atoms with Gasteiger partial charge in [0, 0.05) is 39.4 Å². The van der Waals surface area contributed by atoms with E-state index >= 15 is 0 Å². The summed E-state index contributed by atoms with van der Waals surface area (Å²) in [6.07, 6.45) is 47.6. The van der Waals surface area contributed by atoms with Crippen LogP contribution in [0.1, 0.15) is 168 Å². The van der Waals surface area contributed by atoms with Gasteiger partial charge in [0.1, 0.15) is 24.9 Å². The number of carbonyl (C=O) groups is 1. The number of allylic oxidation sites excluding steroid dienone is 8. The van der Waals surface area contributed by atoms with Gasteiger partial charge in [0.15, 0.2) is 0 Å². The van der Waals surface area contributed by atoms with Gasteiger partial charge in [-0.3, -0.25) is 9.69 Å². The molecule has 2 rings (SSSR count). The molecule has 0 aromatic carbocycles. The largest absolute Gasteiger partial charge is 0.462 e. The number of esters is 1. The zero-order valence-corrected chi connectivity index (χ0v) is 36.1. The fourth-order valence-corrected chi connectivity index (χ4v) is 7.19. The maximum atomic E-state index is 12.7. The number of carbonyl (C=O) groups excluding carboxylic acids is 1. The molecule has 2 aliphatic rings. The Hall–Kier alpha value is -1.77. The zero-order valence-electron chi connectivity index (χ0n) is 36.1. The summed E-state index contributed by atoms with van der Waals surface area (Å²) in [5, 5.41) is 0. The van der Waals surface area contributed by atoms with Gasteiger partial charge in [-0.2, -0.15) is 0 Å². The van der Waals surface area contributed by atoms with Crippen LogP contribution in [0.2, 0.25) is 0 Å². The summed E-state index contributed by atoms with van der Waals surface area (Å²) in [5.74, 6) is -0.178. The van der Waals surface area contributed by atoms with E-state index in [1.807, 2.05) is 0 Å². The van der Waals surface area contributed by atoms with Crippen LogP contribution in [0.25, 0.3) is 0 Å². The molecule has 0 aromatic rings. The molecule has 0 amide bonds. The van der Waals surface area contributed by atoms with Crippen molar-refractivity contribution < 1.29 is 23.7 Å². The SMILES string of the molecule is CCCCC/C=C\C/C=C\CCCCCCCCOC1CO[C@H](COC(=O)CN2CCN(C)CC2)[C@@H]1OCCCCCCCC/C=C\C/C=C\CCCCC. The quantitative estimate of drug-likeness (QED) is 0.0357. The number of piperazine rings is 1. The van der Waals surface area contributed by atoms with Crippen LogP contribution in [0.15, 0.2) is 48.6 Å². The highest BCUT2D eigenvalue weighted by Gasteiger charge is 2.39. The van der Waals surface area contributed by atoms with Crippen molar-refractivity contribution in [3.05, 3.63) is 48.6 Å². The minimum atomic E-state index is -0.276. The Kier molecular flexibility index (Phi) is 32.8. The Bertz CT molecular complexity index is 989. The maximum absolute atomic E-state index is 12.7. The molecule has 2 aliphatic heterocycles. The van der Waals surface area contributed by atoms with Crippen molar-refractivity contribution in [3.63, 3.8) is 0 Å². The van der Waals surface area contributed by atoms with Gasteiger partial charge in [0.2, 0.25) is 0 Å². The molecule has 7 heteroatoms. The molecule has 0 saturated carbocycles. The van der Waals surface area contributed by atoms with E-state index in [1.165, 1.54) is 128 Å². The third-order valence-electron chi connectivity index (χ3n) is 10.9. The molecular formula is C48H86N2O5. The normalized spacial score (nSPS) is 20.0. The smallest absolute Gasteiger partial charge is 0.320 e. The Balaban J connectivity index is 1.59. The van der Waals surface area contributed by atoms with Gasteiger partial charge in [-0.25, -0.2) is 0 Å². The zero-order chi connectivity index (χ0) is 39.3. The standard InChI is InChI=1S/C48H86N2O5/c1-4-6-8-10-12-14-16-18-20-22-24-26-28-30-32-34-40-52-45-43-54-46(44-55-47(51)42-50-38-36-49(3)37-39-50)48(45)53-41-35-33-31-29-27-25-23-21-19-17-15-13-11-9-7-5-2/h12-15,18-21,45-46,48H,4-11,16-17,22-44H2,1-3H3/b14-12-,15-13-,20-18-,21-19-/t45?,46-,48-/m1/s1. The highest BCUT2D eigenvalue weighted by Crippen LogP contribution is 2.23. The summed E-state index contributed by atoms with van der Waals surface area (Å²) >= 11 is 0. The fourth-order valence-electron chi connectivity index (χ4n) is 7.19. The first-order valence-electron chi connectivity index (χ1n) is 23.1. The van der Waals surface area contributed by atoms with E-state index in [1.54, 1.807) is 0 Å². The molecule has 0 radical (unpaired) electrons.